The average molecular weight is 356 g/mol. The summed E-state index contributed by atoms with van der Waals surface area (Å²) in [5.41, 5.74) is 9.81. The molecule has 0 aromatic rings. The third kappa shape index (κ3) is 222. The Hall–Kier alpha value is 1.29. The number of carboxylic acids is 2. The van der Waals surface area contributed by atoms with Gasteiger partial charge in [0.25, 0.3) is 11.9 Å². The molecule has 0 fully saturated rings. The van der Waals surface area contributed by atoms with Gasteiger partial charge in [0.05, 0.1) is 6.61 Å². The van der Waals surface area contributed by atoms with Crippen molar-refractivity contribution in [3.63, 3.8) is 0 Å². The number of ether oxygens (including phenoxy) is 1. The van der Waals surface area contributed by atoms with Gasteiger partial charge in [0, 0.05) is 33.9 Å². The minimum atomic E-state index is -0.833. The van der Waals surface area contributed by atoms with Crippen LogP contribution in [0.25, 0.3) is 0 Å². The zero-order valence-corrected chi connectivity index (χ0v) is 11.5. The van der Waals surface area contributed by atoms with Crippen LogP contribution in [0.5, 0.6) is 0 Å². The molecule has 0 atom stereocenters. The number of nitrogens with two attached hydrogens (primary N) is 2. The van der Waals surface area contributed by atoms with E-state index in [2.05, 4.69) is 4.74 Å². The molecular formula is C10H27N2Na3O7. The van der Waals surface area contributed by atoms with Gasteiger partial charge < -0.3 is 31.5 Å². The summed E-state index contributed by atoms with van der Waals surface area (Å²) in [6, 6.07) is 0. The van der Waals surface area contributed by atoms with E-state index in [9.17, 15) is 4.79 Å². The van der Waals surface area contributed by atoms with Crippen LogP contribution in [-0.4, -0.2) is 148 Å². The van der Waals surface area contributed by atoms with Gasteiger partial charge in [-0.1, -0.05) is 0 Å². The van der Waals surface area contributed by atoms with Crippen LogP contribution in [-0.2, 0) is 19.1 Å². The Balaban J connectivity index is -0.0000000270. The number of carbonyl (C=O) groups is 3. The molecular weight excluding hydrogens is 329 g/mol. The van der Waals surface area contributed by atoms with Gasteiger partial charge in [-0.25, -0.2) is 0 Å². The molecule has 0 aliphatic carbocycles. The van der Waals surface area contributed by atoms with Crippen LogP contribution < -0.4 is 11.5 Å². The molecule has 0 saturated carbocycles. The molecule has 0 bridgehead atoms. The molecule has 122 valence electrons. The number of esters is 1. The summed E-state index contributed by atoms with van der Waals surface area (Å²) in [4.78, 5) is 27.9. The molecule has 0 saturated heterocycles. The number of rotatable bonds is 3. The molecule has 0 heterocycles. The van der Waals surface area contributed by atoms with Crippen molar-refractivity contribution >= 4 is 107 Å². The fraction of sp³-hybridized carbons (Fsp3) is 0.700. The van der Waals surface area contributed by atoms with Gasteiger partial charge in [-0.15, -0.1) is 0 Å². The van der Waals surface area contributed by atoms with Gasteiger partial charge in [-0.05, 0) is 0 Å². The van der Waals surface area contributed by atoms with Gasteiger partial charge in [-0.2, -0.15) is 0 Å². The first kappa shape index (κ1) is 43.6. The Bertz CT molecular complexity index is 213. The van der Waals surface area contributed by atoms with E-state index in [1.54, 1.807) is 0 Å². The fourth-order valence-corrected chi connectivity index (χ4v) is 0.189. The molecule has 0 amide bonds. The first-order valence-corrected chi connectivity index (χ1v) is 5.19. The van der Waals surface area contributed by atoms with Crippen molar-refractivity contribution in [2.24, 2.45) is 11.5 Å². The van der Waals surface area contributed by atoms with Gasteiger partial charge >= 0.3 is 94.6 Å². The van der Waals surface area contributed by atoms with E-state index < -0.39 is 11.9 Å². The summed E-state index contributed by atoms with van der Waals surface area (Å²) in [7, 11) is 0. The van der Waals surface area contributed by atoms with E-state index >= 15 is 0 Å². The molecule has 12 heteroatoms. The number of hydrogen-bond donors (Lipinski definition) is 5. The van der Waals surface area contributed by atoms with E-state index in [-0.39, 0.29) is 108 Å². The SMILES string of the molecule is CC(=O)O.CC(=O)O.CC(=O)OCCO.NCCN.[NaH].[NaH].[NaH]. The van der Waals surface area contributed by atoms with E-state index in [0.717, 1.165) is 13.8 Å². The summed E-state index contributed by atoms with van der Waals surface area (Å²) < 4.78 is 4.30. The molecule has 7 N–H and O–H groups in total. The summed E-state index contributed by atoms with van der Waals surface area (Å²) >= 11 is 0. The summed E-state index contributed by atoms with van der Waals surface area (Å²) in [5, 5.41) is 22.9. The van der Waals surface area contributed by atoms with E-state index in [4.69, 9.17) is 36.4 Å². The van der Waals surface area contributed by atoms with Crippen LogP contribution in [0.15, 0.2) is 0 Å². The van der Waals surface area contributed by atoms with Crippen molar-refractivity contribution in [2.75, 3.05) is 26.3 Å². The normalized spacial score (nSPS) is 6.27. The second-order valence-electron chi connectivity index (χ2n) is 2.68. The molecule has 0 radical (unpaired) electrons. The Morgan fingerprint density at radius 2 is 1.09 bits per heavy atom. The predicted molar refractivity (Wildman–Crippen MR) is 89.9 cm³/mol. The molecule has 0 aromatic heterocycles. The standard InChI is InChI=1S/C4H8O3.C2H8N2.2C2H4O2.3Na.3H/c1-4(6)7-3-2-5;3-1-2-4;2*1-2(3)4;;;;;;/h5H,2-3H2,1H3;1-4H2;2*1H3,(H,3,4);;;;;;. The van der Waals surface area contributed by atoms with Crippen LogP contribution in [0.3, 0.4) is 0 Å². The maximum absolute atomic E-state index is 9.87. The molecule has 0 spiro atoms. The number of hydrogen-bond acceptors (Lipinski definition) is 7. The van der Waals surface area contributed by atoms with Crippen molar-refractivity contribution in [1.29, 1.82) is 0 Å². The second kappa shape index (κ2) is 43.2. The van der Waals surface area contributed by atoms with Gasteiger partial charge in [0.1, 0.15) is 6.61 Å². The van der Waals surface area contributed by atoms with E-state index in [1.807, 2.05) is 0 Å². The maximum atomic E-state index is 9.87. The predicted octanol–water partition coefficient (Wildman–Crippen LogP) is -3.32. The third-order valence-electron chi connectivity index (χ3n) is 0.563. The zero-order valence-electron chi connectivity index (χ0n) is 11.5. The number of aliphatic carboxylic acids is 2. The Kier molecular flexibility index (Phi) is 85.7. The molecule has 0 aliphatic rings. The van der Waals surface area contributed by atoms with E-state index in [1.165, 1.54) is 6.92 Å². The van der Waals surface area contributed by atoms with Gasteiger partial charge in [0.2, 0.25) is 0 Å². The molecule has 9 nitrogen and oxygen atoms in total. The van der Waals surface area contributed by atoms with Gasteiger partial charge in [-0.3, -0.25) is 14.4 Å². The van der Waals surface area contributed by atoms with Crippen LogP contribution in [0.1, 0.15) is 20.8 Å². The number of aliphatic hydroxyl groups excluding tert-OH is 1. The fourth-order valence-electron chi connectivity index (χ4n) is 0.189. The Morgan fingerprint density at radius 1 is 0.864 bits per heavy atom. The molecule has 22 heavy (non-hydrogen) atoms. The molecule has 0 unspecified atom stereocenters. The number of aliphatic hydroxyl groups is 1. The number of carboxylic acid groups (broad SMARTS) is 2. The first-order chi connectivity index (χ1) is 8.65. The van der Waals surface area contributed by atoms with Crippen molar-refractivity contribution in [3.05, 3.63) is 0 Å². The quantitative estimate of drug-likeness (QED) is 0.256. The van der Waals surface area contributed by atoms with E-state index in [0.29, 0.717) is 13.1 Å². The monoisotopic (exact) mass is 356 g/mol. The second-order valence-corrected chi connectivity index (χ2v) is 2.68. The van der Waals surface area contributed by atoms with Gasteiger partial charge in [0.15, 0.2) is 0 Å². The minimum absolute atomic E-state index is 0. The molecule has 0 rings (SSSR count). The first-order valence-electron chi connectivity index (χ1n) is 5.19. The topological polar surface area (TPSA) is 173 Å². The zero-order chi connectivity index (χ0) is 16.3. The van der Waals surface area contributed by atoms with Crippen molar-refractivity contribution in [3.8, 4) is 0 Å². The Labute approximate surface area is 197 Å². The third-order valence-corrected chi connectivity index (χ3v) is 0.563. The number of carbonyl (C=O) groups excluding carboxylic acids is 1. The average Bonchev–Trinajstić information content (AvgIpc) is 2.25. The summed E-state index contributed by atoms with van der Waals surface area (Å²) in [5.74, 6) is -2.02. The Morgan fingerprint density at radius 3 is 1.14 bits per heavy atom. The van der Waals surface area contributed by atoms with Crippen molar-refractivity contribution < 1.29 is 34.4 Å². The van der Waals surface area contributed by atoms with Crippen LogP contribution in [0.2, 0.25) is 0 Å². The van der Waals surface area contributed by atoms with Crippen LogP contribution >= 0.6 is 0 Å². The summed E-state index contributed by atoms with van der Waals surface area (Å²) in [6.07, 6.45) is 0. The van der Waals surface area contributed by atoms with Crippen molar-refractivity contribution in [2.45, 2.75) is 20.8 Å². The van der Waals surface area contributed by atoms with Crippen LogP contribution in [0, 0.1) is 0 Å². The molecule has 0 aliphatic heterocycles. The summed E-state index contributed by atoms with van der Waals surface area (Å²) in [6.45, 7) is 4.67. The van der Waals surface area contributed by atoms with Crippen molar-refractivity contribution in [1.82, 2.24) is 0 Å². The van der Waals surface area contributed by atoms with Crippen LogP contribution in [0.4, 0.5) is 0 Å². The molecule has 0 aromatic carbocycles.